The van der Waals surface area contributed by atoms with Gasteiger partial charge in [0.1, 0.15) is 0 Å². The van der Waals surface area contributed by atoms with Crippen LogP contribution in [0.25, 0.3) is 0 Å². The Hall–Kier alpha value is -0.970. The summed E-state index contributed by atoms with van der Waals surface area (Å²) >= 11 is 0. The van der Waals surface area contributed by atoms with Gasteiger partial charge in [0.05, 0.1) is 5.69 Å². The fraction of sp³-hybridized carbons (Fsp3) is 0.643. The highest BCUT2D eigenvalue weighted by Gasteiger charge is 2.19. The Bertz CT molecular complexity index is 362. The first-order chi connectivity index (χ1) is 8.83. The zero-order chi connectivity index (χ0) is 12.8. The third-order valence-electron chi connectivity index (χ3n) is 3.68. The highest BCUT2D eigenvalue weighted by molar-refractivity contribution is 5.19. The van der Waals surface area contributed by atoms with Crippen molar-refractivity contribution in [2.45, 2.75) is 25.9 Å². The lowest BCUT2D eigenvalue weighted by molar-refractivity contribution is 0.0966. The van der Waals surface area contributed by atoms with Gasteiger partial charge in [0.2, 0.25) is 0 Å². The molecule has 2 heterocycles. The van der Waals surface area contributed by atoms with E-state index in [0.717, 1.165) is 37.9 Å². The Morgan fingerprint density at radius 3 is 2.89 bits per heavy atom. The summed E-state index contributed by atoms with van der Waals surface area (Å²) in [5.41, 5.74) is 8.01. The maximum absolute atomic E-state index is 5.72. The van der Waals surface area contributed by atoms with Crippen LogP contribution in [-0.4, -0.2) is 36.7 Å². The predicted octanol–water partition coefficient (Wildman–Crippen LogP) is 1.40. The molecule has 1 aliphatic rings. The Labute approximate surface area is 109 Å². The van der Waals surface area contributed by atoms with E-state index in [4.69, 9.17) is 10.5 Å². The van der Waals surface area contributed by atoms with Gasteiger partial charge in [-0.3, -0.25) is 9.88 Å². The summed E-state index contributed by atoms with van der Waals surface area (Å²) in [6, 6.07) is 4.13. The molecule has 0 radical (unpaired) electrons. The SMILES string of the molecule is COCC1CCN(Cc2cccnc2CN)CC1. The minimum absolute atomic E-state index is 0.524. The van der Waals surface area contributed by atoms with Crippen LogP contribution in [-0.2, 0) is 17.8 Å². The molecule has 0 spiro atoms. The molecule has 2 rings (SSSR count). The molecule has 0 aromatic carbocycles. The molecule has 0 atom stereocenters. The van der Waals surface area contributed by atoms with Gasteiger partial charge >= 0.3 is 0 Å². The highest BCUT2D eigenvalue weighted by Crippen LogP contribution is 2.19. The van der Waals surface area contributed by atoms with Crippen LogP contribution in [0.5, 0.6) is 0 Å². The average Bonchev–Trinajstić information content (AvgIpc) is 2.42. The summed E-state index contributed by atoms with van der Waals surface area (Å²) in [4.78, 5) is 6.82. The molecule has 18 heavy (non-hydrogen) atoms. The molecule has 1 aromatic heterocycles. The summed E-state index contributed by atoms with van der Waals surface area (Å²) in [5, 5.41) is 0. The fourth-order valence-electron chi connectivity index (χ4n) is 2.59. The van der Waals surface area contributed by atoms with Crippen LogP contribution in [0.15, 0.2) is 18.3 Å². The van der Waals surface area contributed by atoms with Crippen LogP contribution in [0, 0.1) is 5.92 Å². The van der Waals surface area contributed by atoms with Gasteiger partial charge in [-0.25, -0.2) is 0 Å². The standard InChI is InChI=1S/C14H23N3O/c1-18-11-12-4-7-17(8-5-12)10-13-3-2-6-16-14(13)9-15/h2-3,6,12H,4-5,7-11,15H2,1H3. The van der Waals surface area contributed by atoms with Crippen molar-refractivity contribution in [1.29, 1.82) is 0 Å². The van der Waals surface area contributed by atoms with Crippen molar-refractivity contribution in [3.8, 4) is 0 Å². The quantitative estimate of drug-likeness (QED) is 0.857. The predicted molar refractivity (Wildman–Crippen MR) is 72.0 cm³/mol. The number of piperidine rings is 1. The molecule has 1 fully saturated rings. The maximum Gasteiger partial charge on any atom is 0.0584 e. The Morgan fingerprint density at radius 2 is 2.22 bits per heavy atom. The molecule has 0 saturated carbocycles. The molecule has 2 N–H and O–H groups in total. The fourth-order valence-corrected chi connectivity index (χ4v) is 2.59. The summed E-state index contributed by atoms with van der Waals surface area (Å²) in [5.74, 6) is 0.731. The van der Waals surface area contributed by atoms with Gasteiger partial charge in [0.15, 0.2) is 0 Å². The molecule has 1 aromatic rings. The van der Waals surface area contributed by atoms with E-state index >= 15 is 0 Å². The van der Waals surface area contributed by atoms with Gasteiger partial charge in [-0.05, 0) is 43.5 Å². The smallest absolute Gasteiger partial charge is 0.0584 e. The normalized spacial score (nSPS) is 18.1. The second-order valence-electron chi connectivity index (χ2n) is 4.99. The number of aromatic nitrogens is 1. The molecule has 100 valence electrons. The highest BCUT2D eigenvalue weighted by atomic mass is 16.5. The number of nitrogens with zero attached hydrogens (tertiary/aromatic N) is 2. The van der Waals surface area contributed by atoms with E-state index in [1.807, 2.05) is 12.3 Å². The molecule has 1 aliphatic heterocycles. The largest absolute Gasteiger partial charge is 0.384 e. The number of hydrogen-bond acceptors (Lipinski definition) is 4. The van der Waals surface area contributed by atoms with Crippen LogP contribution in [0.1, 0.15) is 24.1 Å². The third kappa shape index (κ3) is 3.51. The first-order valence-electron chi connectivity index (χ1n) is 6.67. The van der Waals surface area contributed by atoms with Gasteiger partial charge in [0.25, 0.3) is 0 Å². The lowest BCUT2D eigenvalue weighted by Crippen LogP contribution is -2.34. The zero-order valence-electron chi connectivity index (χ0n) is 11.1. The van der Waals surface area contributed by atoms with Crippen LogP contribution in [0.3, 0.4) is 0 Å². The maximum atomic E-state index is 5.72. The minimum atomic E-state index is 0.524. The number of likely N-dealkylation sites (tertiary alicyclic amines) is 1. The van der Waals surface area contributed by atoms with Crippen molar-refractivity contribution in [3.63, 3.8) is 0 Å². The van der Waals surface area contributed by atoms with E-state index < -0.39 is 0 Å². The van der Waals surface area contributed by atoms with E-state index in [1.165, 1.54) is 18.4 Å². The van der Waals surface area contributed by atoms with E-state index in [1.54, 1.807) is 7.11 Å². The molecule has 4 heteroatoms. The topological polar surface area (TPSA) is 51.4 Å². The van der Waals surface area contributed by atoms with Crippen molar-refractivity contribution < 1.29 is 4.74 Å². The number of rotatable bonds is 5. The molecule has 0 amide bonds. The molecule has 0 aliphatic carbocycles. The molecular weight excluding hydrogens is 226 g/mol. The van der Waals surface area contributed by atoms with Crippen molar-refractivity contribution in [3.05, 3.63) is 29.6 Å². The second-order valence-corrected chi connectivity index (χ2v) is 4.99. The number of nitrogens with two attached hydrogens (primary N) is 1. The monoisotopic (exact) mass is 249 g/mol. The van der Waals surface area contributed by atoms with Crippen LogP contribution >= 0.6 is 0 Å². The van der Waals surface area contributed by atoms with Crippen LogP contribution < -0.4 is 5.73 Å². The third-order valence-corrected chi connectivity index (χ3v) is 3.68. The molecule has 0 bridgehead atoms. The minimum Gasteiger partial charge on any atom is -0.384 e. The molecule has 1 saturated heterocycles. The average molecular weight is 249 g/mol. The lowest BCUT2D eigenvalue weighted by atomic mass is 9.97. The number of ether oxygens (including phenoxy) is 1. The Kier molecular flexibility index (Phi) is 5.11. The number of pyridine rings is 1. The zero-order valence-corrected chi connectivity index (χ0v) is 11.1. The van der Waals surface area contributed by atoms with Gasteiger partial charge in [-0.2, -0.15) is 0 Å². The second kappa shape index (κ2) is 6.83. The summed E-state index contributed by atoms with van der Waals surface area (Å²) in [6.45, 7) is 4.69. The summed E-state index contributed by atoms with van der Waals surface area (Å²) < 4.78 is 5.23. The summed E-state index contributed by atoms with van der Waals surface area (Å²) in [6.07, 6.45) is 4.27. The van der Waals surface area contributed by atoms with E-state index in [9.17, 15) is 0 Å². The Balaban J connectivity index is 1.87. The van der Waals surface area contributed by atoms with Crippen molar-refractivity contribution in [2.24, 2.45) is 11.7 Å². The molecule has 4 nitrogen and oxygen atoms in total. The van der Waals surface area contributed by atoms with Crippen molar-refractivity contribution in [2.75, 3.05) is 26.8 Å². The number of methoxy groups -OCH3 is 1. The van der Waals surface area contributed by atoms with E-state index in [0.29, 0.717) is 6.54 Å². The molecular formula is C14H23N3O. The van der Waals surface area contributed by atoms with Gasteiger partial charge in [-0.1, -0.05) is 6.07 Å². The van der Waals surface area contributed by atoms with E-state index in [-0.39, 0.29) is 0 Å². The Morgan fingerprint density at radius 1 is 1.44 bits per heavy atom. The molecule has 0 unspecified atom stereocenters. The van der Waals surface area contributed by atoms with Gasteiger partial charge in [-0.15, -0.1) is 0 Å². The first kappa shape index (κ1) is 13.5. The number of hydrogen-bond donors (Lipinski definition) is 1. The summed E-state index contributed by atoms with van der Waals surface area (Å²) in [7, 11) is 1.79. The van der Waals surface area contributed by atoms with Gasteiger partial charge < -0.3 is 10.5 Å². The van der Waals surface area contributed by atoms with Crippen molar-refractivity contribution >= 4 is 0 Å². The first-order valence-corrected chi connectivity index (χ1v) is 6.67. The van der Waals surface area contributed by atoms with Crippen molar-refractivity contribution in [1.82, 2.24) is 9.88 Å². The lowest BCUT2D eigenvalue weighted by Gasteiger charge is -2.31. The van der Waals surface area contributed by atoms with Gasteiger partial charge in [0, 0.05) is 33.0 Å². The van der Waals surface area contributed by atoms with Crippen LogP contribution in [0.2, 0.25) is 0 Å². The van der Waals surface area contributed by atoms with E-state index in [2.05, 4.69) is 16.0 Å². The van der Waals surface area contributed by atoms with Crippen LogP contribution in [0.4, 0.5) is 0 Å².